The van der Waals surface area contributed by atoms with Crippen LogP contribution in [0.5, 0.6) is 17.2 Å². The molecule has 1 N–H and O–H groups in total. The number of fused-ring (bicyclic) bond motifs is 1. The van der Waals surface area contributed by atoms with Crippen LogP contribution in [0, 0.1) is 6.92 Å². The van der Waals surface area contributed by atoms with Crippen LogP contribution in [-0.2, 0) is 0 Å². The minimum atomic E-state index is 0.537. The minimum absolute atomic E-state index is 0.537. The number of anilines is 1. The van der Waals surface area contributed by atoms with E-state index in [9.17, 15) is 0 Å². The van der Waals surface area contributed by atoms with E-state index in [1.54, 1.807) is 24.7 Å². The maximum Gasteiger partial charge on any atom is 0.204 e. The molecule has 0 fully saturated rings. The highest BCUT2D eigenvalue weighted by Crippen LogP contribution is 2.28. The lowest BCUT2D eigenvalue weighted by molar-refractivity contribution is 0.240. The lowest BCUT2D eigenvalue weighted by Crippen LogP contribution is -2.06. The molecule has 0 amide bonds. The van der Waals surface area contributed by atoms with Crippen LogP contribution in [0.1, 0.15) is 17.5 Å². The standard InChI is InChI=1S/C25H25N3O3S/c1-18-8-11-20(12-9-18)30-14-5-15-31-22-13-10-19(16-23(22)29-2)17-26-28-25-27-21-6-3-4-7-24(21)32-25/h3-4,6-13,16-17H,5,14-15H2,1-2H3,(H,27,28). The van der Waals surface area contributed by atoms with Crippen LogP contribution in [0.25, 0.3) is 10.2 Å². The third-order valence-corrected chi connectivity index (χ3v) is 5.63. The Kier molecular flexibility index (Phi) is 7.19. The van der Waals surface area contributed by atoms with E-state index in [0.717, 1.165) is 33.1 Å². The highest BCUT2D eigenvalue weighted by Gasteiger charge is 2.06. The van der Waals surface area contributed by atoms with Gasteiger partial charge in [-0.1, -0.05) is 41.2 Å². The summed E-state index contributed by atoms with van der Waals surface area (Å²) in [6.45, 7) is 3.18. The fourth-order valence-electron chi connectivity index (χ4n) is 3.03. The van der Waals surface area contributed by atoms with Crippen molar-refractivity contribution in [1.82, 2.24) is 4.98 Å². The van der Waals surface area contributed by atoms with E-state index in [4.69, 9.17) is 14.2 Å². The number of aromatic nitrogens is 1. The fourth-order valence-corrected chi connectivity index (χ4v) is 3.85. The number of nitrogens with zero attached hydrogens (tertiary/aromatic N) is 2. The van der Waals surface area contributed by atoms with Crippen LogP contribution in [0.3, 0.4) is 0 Å². The second-order valence-electron chi connectivity index (χ2n) is 7.13. The van der Waals surface area contributed by atoms with Gasteiger partial charge in [0.25, 0.3) is 0 Å². The molecular weight excluding hydrogens is 422 g/mol. The van der Waals surface area contributed by atoms with E-state index in [1.165, 1.54) is 5.56 Å². The van der Waals surface area contributed by atoms with E-state index >= 15 is 0 Å². The molecule has 0 bridgehead atoms. The Morgan fingerprint density at radius 1 is 0.969 bits per heavy atom. The number of thiazole rings is 1. The molecule has 4 rings (SSSR count). The van der Waals surface area contributed by atoms with Gasteiger partial charge in [-0.3, -0.25) is 5.43 Å². The molecule has 0 aliphatic heterocycles. The molecule has 0 saturated heterocycles. The van der Waals surface area contributed by atoms with E-state index in [0.29, 0.717) is 24.7 Å². The topological polar surface area (TPSA) is 65.0 Å². The van der Waals surface area contributed by atoms with Gasteiger partial charge >= 0.3 is 0 Å². The van der Waals surface area contributed by atoms with Crippen molar-refractivity contribution >= 4 is 32.9 Å². The molecule has 1 heterocycles. The summed E-state index contributed by atoms with van der Waals surface area (Å²) >= 11 is 1.56. The quantitative estimate of drug-likeness (QED) is 0.186. The molecule has 32 heavy (non-hydrogen) atoms. The number of aryl methyl sites for hydroxylation is 1. The Balaban J connectivity index is 1.27. The van der Waals surface area contributed by atoms with E-state index in [1.807, 2.05) is 66.7 Å². The number of rotatable bonds is 10. The summed E-state index contributed by atoms with van der Waals surface area (Å²) < 4.78 is 18.2. The number of benzene rings is 3. The molecular formula is C25H25N3O3S. The summed E-state index contributed by atoms with van der Waals surface area (Å²) in [7, 11) is 1.63. The third kappa shape index (κ3) is 5.76. The van der Waals surface area contributed by atoms with Crippen molar-refractivity contribution < 1.29 is 14.2 Å². The van der Waals surface area contributed by atoms with Crippen LogP contribution in [0.4, 0.5) is 5.13 Å². The van der Waals surface area contributed by atoms with E-state index in [2.05, 4.69) is 22.4 Å². The molecule has 7 heteroatoms. The number of hydrogen-bond donors (Lipinski definition) is 1. The summed E-state index contributed by atoms with van der Waals surface area (Å²) in [6.07, 6.45) is 2.50. The summed E-state index contributed by atoms with van der Waals surface area (Å²) in [4.78, 5) is 4.50. The average molecular weight is 448 g/mol. The lowest BCUT2D eigenvalue weighted by Gasteiger charge is -2.12. The summed E-state index contributed by atoms with van der Waals surface area (Å²) in [6, 6.07) is 21.7. The SMILES string of the molecule is COc1cc(C=NNc2nc3ccccc3s2)ccc1OCCCOc1ccc(C)cc1. The molecule has 0 aliphatic carbocycles. The number of hydrazone groups is 1. The molecule has 0 aliphatic rings. The molecule has 4 aromatic rings. The van der Waals surface area contributed by atoms with Crippen molar-refractivity contribution in [3.05, 3.63) is 77.9 Å². The molecule has 0 unspecified atom stereocenters. The monoisotopic (exact) mass is 447 g/mol. The summed E-state index contributed by atoms with van der Waals surface area (Å²) in [5, 5.41) is 5.04. The lowest BCUT2D eigenvalue weighted by atomic mass is 10.2. The molecule has 0 spiro atoms. The Morgan fingerprint density at radius 2 is 1.78 bits per heavy atom. The summed E-state index contributed by atoms with van der Waals surface area (Å²) in [5.74, 6) is 2.23. The maximum absolute atomic E-state index is 5.87. The van der Waals surface area contributed by atoms with Crippen molar-refractivity contribution in [3.8, 4) is 17.2 Å². The van der Waals surface area contributed by atoms with Gasteiger partial charge in [0.05, 0.1) is 36.8 Å². The molecule has 0 saturated carbocycles. The van der Waals surface area contributed by atoms with Crippen LogP contribution in [0.2, 0.25) is 0 Å². The Hall–Kier alpha value is -3.58. The second-order valence-corrected chi connectivity index (χ2v) is 8.16. The third-order valence-electron chi connectivity index (χ3n) is 4.69. The number of ether oxygens (including phenoxy) is 3. The first kappa shape index (κ1) is 21.6. The Labute approximate surface area is 191 Å². The molecule has 164 valence electrons. The van der Waals surface area contributed by atoms with Gasteiger partial charge in [-0.25, -0.2) is 4.98 Å². The number of para-hydroxylation sites is 1. The predicted molar refractivity (Wildman–Crippen MR) is 131 cm³/mol. The highest BCUT2D eigenvalue weighted by molar-refractivity contribution is 7.22. The Bertz CT molecular complexity index is 1160. The zero-order valence-corrected chi connectivity index (χ0v) is 18.9. The molecule has 0 radical (unpaired) electrons. The zero-order chi connectivity index (χ0) is 22.2. The van der Waals surface area contributed by atoms with Crippen LogP contribution in [0.15, 0.2) is 71.8 Å². The van der Waals surface area contributed by atoms with E-state index < -0.39 is 0 Å². The van der Waals surface area contributed by atoms with Crippen LogP contribution >= 0.6 is 11.3 Å². The van der Waals surface area contributed by atoms with Crippen molar-refractivity contribution in [1.29, 1.82) is 0 Å². The maximum atomic E-state index is 5.87. The number of hydrogen-bond acceptors (Lipinski definition) is 7. The molecule has 1 aromatic heterocycles. The minimum Gasteiger partial charge on any atom is -0.493 e. The number of methoxy groups -OCH3 is 1. The van der Waals surface area contributed by atoms with Crippen molar-refractivity contribution in [2.24, 2.45) is 5.10 Å². The van der Waals surface area contributed by atoms with Gasteiger partial charge in [0.15, 0.2) is 11.5 Å². The van der Waals surface area contributed by atoms with Gasteiger partial charge in [-0.05, 0) is 55.0 Å². The molecule has 6 nitrogen and oxygen atoms in total. The predicted octanol–water partition coefficient (Wildman–Crippen LogP) is 5.91. The fraction of sp³-hybridized carbons (Fsp3) is 0.200. The first-order valence-corrected chi connectivity index (χ1v) is 11.2. The Morgan fingerprint density at radius 3 is 2.59 bits per heavy atom. The van der Waals surface area contributed by atoms with Gasteiger partial charge in [0.2, 0.25) is 5.13 Å². The first-order valence-electron chi connectivity index (χ1n) is 10.4. The zero-order valence-electron chi connectivity index (χ0n) is 18.1. The molecule has 3 aromatic carbocycles. The van der Waals surface area contributed by atoms with Gasteiger partial charge in [0.1, 0.15) is 5.75 Å². The van der Waals surface area contributed by atoms with Crippen molar-refractivity contribution in [2.45, 2.75) is 13.3 Å². The average Bonchev–Trinajstić information content (AvgIpc) is 3.23. The van der Waals surface area contributed by atoms with Gasteiger partial charge < -0.3 is 14.2 Å². The highest BCUT2D eigenvalue weighted by atomic mass is 32.1. The summed E-state index contributed by atoms with van der Waals surface area (Å²) in [5.41, 5.74) is 6.06. The van der Waals surface area contributed by atoms with Crippen LogP contribution < -0.4 is 19.6 Å². The van der Waals surface area contributed by atoms with Crippen molar-refractivity contribution in [3.63, 3.8) is 0 Å². The van der Waals surface area contributed by atoms with Gasteiger partial charge in [-0.2, -0.15) is 5.10 Å². The van der Waals surface area contributed by atoms with Gasteiger partial charge in [0, 0.05) is 6.42 Å². The number of nitrogens with one attached hydrogen (secondary N) is 1. The normalized spacial score (nSPS) is 11.1. The second kappa shape index (κ2) is 10.6. The van der Waals surface area contributed by atoms with E-state index in [-0.39, 0.29) is 0 Å². The smallest absolute Gasteiger partial charge is 0.204 e. The van der Waals surface area contributed by atoms with Gasteiger partial charge in [-0.15, -0.1) is 0 Å². The van der Waals surface area contributed by atoms with Crippen LogP contribution in [-0.4, -0.2) is 31.5 Å². The largest absolute Gasteiger partial charge is 0.493 e. The molecule has 0 atom stereocenters. The van der Waals surface area contributed by atoms with Crippen molar-refractivity contribution in [2.75, 3.05) is 25.7 Å². The first-order chi connectivity index (χ1) is 15.7.